The first kappa shape index (κ1) is 14.7. The lowest BCUT2D eigenvalue weighted by Gasteiger charge is -2.22. The Balaban J connectivity index is 1.63. The number of rotatable bonds is 4. The summed E-state index contributed by atoms with van der Waals surface area (Å²) >= 11 is 0. The largest absolute Gasteiger partial charge is 0.386 e. The Morgan fingerprint density at radius 3 is 3.14 bits per heavy atom. The quantitative estimate of drug-likeness (QED) is 0.806. The summed E-state index contributed by atoms with van der Waals surface area (Å²) in [7, 11) is 0. The Labute approximate surface area is 127 Å². The van der Waals surface area contributed by atoms with Crippen LogP contribution in [0.5, 0.6) is 0 Å². The number of nitrogens with one attached hydrogen (secondary N) is 2. The summed E-state index contributed by atoms with van der Waals surface area (Å²) in [5, 5.41) is 19.6. The number of aryl methyl sites for hydroxylation is 1. The Hall–Kier alpha value is -2.21. The Morgan fingerprint density at radius 2 is 2.32 bits per heavy atom. The molecule has 2 aromatic rings. The smallest absolute Gasteiger partial charge is 0.227 e. The van der Waals surface area contributed by atoms with Crippen molar-refractivity contribution in [2.24, 2.45) is 0 Å². The van der Waals surface area contributed by atoms with Crippen molar-refractivity contribution in [3.05, 3.63) is 53.1 Å². The molecule has 116 valence electrons. The molecule has 1 heterocycles. The van der Waals surface area contributed by atoms with Crippen LogP contribution in [0.15, 0.2) is 30.5 Å². The minimum absolute atomic E-state index is 0.0105. The number of hydrogen-bond donors (Lipinski definition) is 3. The van der Waals surface area contributed by atoms with Gasteiger partial charge in [-0.3, -0.25) is 9.89 Å². The van der Waals surface area contributed by atoms with E-state index >= 15 is 0 Å². The van der Waals surface area contributed by atoms with Crippen LogP contribution in [0.1, 0.15) is 41.7 Å². The molecule has 1 amide bonds. The number of aliphatic hydroxyl groups excluding tert-OH is 1. The number of aromatic amines is 1. The molecule has 0 fully saturated rings. The average Bonchev–Trinajstić information content (AvgIpc) is 3.01. The van der Waals surface area contributed by atoms with E-state index in [1.807, 2.05) is 0 Å². The number of hydrogen-bond acceptors (Lipinski definition) is 3. The Bertz CT molecular complexity index is 671. The van der Waals surface area contributed by atoms with Crippen molar-refractivity contribution in [1.29, 1.82) is 0 Å². The zero-order valence-corrected chi connectivity index (χ0v) is 12.1. The van der Waals surface area contributed by atoms with Gasteiger partial charge in [0, 0.05) is 23.4 Å². The number of halogens is 1. The van der Waals surface area contributed by atoms with Gasteiger partial charge in [0.2, 0.25) is 5.91 Å². The lowest BCUT2D eigenvalue weighted by Crippen LogP contribution is -2.34. The summed E-state index contributed by atoms with van der Waals surface area (Å²) in [6.45, 7) is -0.0105. The van der Waals surface area contributed by atoms with E-state index in [1.54, 1.807) is 18.3 Å². The molecule has 22 heavy (non-hydrogen) atoms. The molecule has 0 spiro atoms. The summed E-state index contributed by atoms with van der Waals surface area (Å²) in [6, 6.07) is 6.02. The number of aromatic nitrogens is 2. The van der Waals surface area contributed by atoms with Crippen molar-refractivity contribution in [1.82, 2.24) is 15.5 Å². The highest BCUT2D eigenvalue weighted by Crippen LogP contribution is 2.30. The standard InChI is InChI=1S/C16H18FN3O2/c17-13-6-2-1-4-11(13)15(21)9-18-16(22)10-5-3-7-14-12(10)8-19-20-14/h1-2,4,6,8,10,15,21H,3,5,7,9H2,(H,18,22)(H,19,20)/t10-,15-/m1/s1. The van der Waals surface area contributed by atoms with Gasteiger partial charge in [0.05, 0.1) is 18.2 Å². The molecule has 3 N–H and O–H groups in total. The van der Waals surface area contributed by atoms with Crippen molar-refractivity contribution in [2.75, 3.05) is 6.54 Å². The van der Waals surface area contributed by atoms with Gasteiger partial charge in [0.25, 0.3) is 0 Å². The molecule has 5 nitrogen and oxygen atoms in total. The van der Waals surface area contributed by atoms with E-state index < -0.39 is 11.9 Å². The van der Waals surface area contributed by atoms with E-state index in [9.17, 15) is 14.3 Å². The number of nitrogens with zero attached hydrogens (tertiary/aromatic N) is 1. The second-order valence-electron chi connectivity index (χ2n) is 5.53. The van der Waals surface area contributed by atoms with Crippen molar-refractivity contribution in [2.45, 2.75) is 31.3 Å². The van der Waals surface area contributed by atoms with E-state index in [0.29, 0.717) is 0 Å². The van der Waals surface area contributed by atoms with Gasteiger partial charge in [-0.05, 0) is 25.3 Å². The molecule has 1 aliphatic rings. The molecular formula is C16H18FN3O2. The van der Waals surface area contributed by atoms with Crippen LogP contribution in [0.4, 0.5) is 4.39 Å². The van der Waals surface area contributed by atoms with Crippen molar-refractivity contribution in [3.8, 4) is 0 Å². The zero-order chi connectivity index (χ0) is 15.5. The predicted molar refractivity (Wildman–Crippen MR) is 78.6 cm³/mol. The van der Waals surface area contributed by atoms with E-state index in [4.69, 9.17) is 0 Å². The highest BCUT2D eigenvalue weighted by Gasteiger charge is 2.28. The third-order valence-electron chi connectivity index (χ3n) is 4.10. The van der Waals surface area contributed by atoms with Gasteiger partial charge in [-0.2, -0.15) is 5.10 Å². The van der Waals surface area contributed by atoms with Gasteiger partial charge >= 0.3 is 0 Å². The highest BCUT2D eigenvalue weighted by atomic mass is 19.1. The monoisotopic (exact) mass is 303 g/mol. The molecule has 0 saturated heterocycles. The lowest BCUT2D eigenvalue weighted by molar-refractivity contribution is -0.123. The molecule has 3 rings (SSSR count). The van der Waals surface area contributed by atoms with Crippen LogP contribution in [0, 0.1) is 5.82 Å². The van der Waals surface area contributed by atoms with Crippen LogP contribution in [0.3, 0.4) is 0 Å². The number of fused-ring (bicyclic) bond motifs is 1. The first-order valence-corrected chi connectivity index (χ1v) is 7.39. The molecule has 0 saturated carbocycles. The molecule has 6 heteroatoms. The average molecular weight is 303 g/mol. The maximum Gasteiger partial charge on any atom is 0.227 e. The fraction of sp³-hybridized carbons (Fsp3) is 0.375. The minimum Gasteiger partial charge on any atom is -0.386 e. The third kappa shape index (κ3) is 2.87. The molecule has 0 bridgehead atoms. The Morgan fingerprint density at radius 1 is 1.50 bits per heavy atom. The molecule has 0 aliphatic heterocycles. The number of amides is 1. The van der Waals surface area contributed by atoms with Crippen molar-refractivity contribution < 1.29 is 14.3 Å². The van der Waals surface area contributed by atoms with Gasteiger partial charge < -0.3 is 10.4 Å². The predicted octanol–water partition coefficient (Wildman–Crippen LogP) is 1.82. The lowest BCUT2D eigenvalue weighted by atomic mass is 9.86. The van der Waals surface area contributed by atoms with Gasteiger partial charge in [0.1, 0.15) is 5.82 Å². The van der Waals surface area contributed by atoms with E-state index in [1.165, 1.54) is 12.1 Å². The van der Waals surface area contributed by atoms with Crippen LogP contribution in [0.2, 0.25) is 0 Å². The van der Waals surface area contributed by atoms with Crippen LogP contribution in [-0.2, 0) is 11.2 Å². The second-order valence-corrected chi connectivity index (χ2v) is 5.53. The van der Waals surface area contributed by atoms with Crippen LogP contribution >= 0.6 is 0 Å². The SMILES string of the molecule is O=C(NC[C@@H](O)c1ccccc1F)[C@@H]1CCCc2[nH]ncc21. The summed E-state index contributed by atoms with van der Waals surface area (Å²) in [6.07, 6.45) is 3.21. The zero-order valence-electron chi connectivity index (χ0n) is 12.1. The van der Waals surface area contributed by atoms with Gasteiger partial charge in [-0.25, -0.2) is 4.39 Å². The molecular weight excluding hydrogens is 285 g/mol. The normalized spacial score (nSPS) is 18.5. The molecule has 2 atom stereocenters. The Kier molecular flexibility index (Phi) is 4.20. The number of carbonyl (C=O) groups is 1. The first-order valence-electron chi connectivity index (χ1n) is 7.39. The summed E-state index contributed by atoms with van der Waals surface area (Å²) < 4.78 is 13.6. The van der Waals surface area contributed by atoms with Gasteiger partial charge in [-0.1, -0.05) is 18.2 Å². The van der Waals surface area contributed by atoms with Gasteiger partial charge in [0.15, 0.2) is 0 Å². The maximum atomic E-state index is 13.6. The van der Waals surface area contributed by atoms with Crippen LogP contribution in [-0.4, -0.2) is 27.8 Å². The maximum absolute atomic E-state index is 13.6. The fourth-order valence-electron chi connectivity index (χ4n) is 2.91. The second kappa shape index (κ2) is 6.27. The van der Waals surface area contributed by atoms with Crippen LogP contribution in [0.25, 0.3) is 0 Å². The number of aliphatic hydroxyl groups is 1. The van der Waals surface area contributed by atoms with E-state index in [2.05, 4.69) is 15.5 Å². The molecule has 1 aliphatic carbocycles. The van der Waals surface area contributed by atoms with Gasteiger partial charge in [-0.15, -0.1) is 0 Å². The van der Waals surface area contributed by atoms with Crippen molar-refractivity contribution in [3.63, 3.8) is 0 Å². The number of H-pyrrole nitrogens is 1. The summed E-state index contributed by atoms with van der Waals surface area (Å²) in [5.41, 5.74) is 2.11. The molecule has 0 unspecified atom stereocenters. The summed E-state index contributed by atoms with van der Waals surface area (Å²) in [4.78, 5) is 12.3. The topological polar surface area (TPSA) is 78.0 Å². The minimum atomic E-state index is -1.06. The van der Waals surface area contributed by atoms with E-state index in [-0.39, 0.29) is 23.9 Å². The number of carbonyl (C=O) groups excluding carboxylic acids is 1. The highest BCUT2D eigenvalue weighted by molar-refractivity contribution is 5.84. The first-order chi connectivity index (χ1) is 10.7. The summed E-state index contributed by atoms with van der Waals surface area (Å²) in [5.74, 6) is -0.882. The third-order valence-corrected chi connectivity index (χ3v) is 4.10. The fourth-order valence-corrected chi connectivity index (χ4v) is 2.91. The van der Waals surface area contributed by atoms with E-state index in [0.717, 1.165) is 30.5 Å². The molecule has 1 aromatic carbocycles. The molecule has 0 radical (unpaired) electrons. The van der Waals surface area contributed by atoms with Crippen LogP contribution < -0.4 is 5.32 Å². The molecule has 1 aromatic heterocycles. The van der Waals surface area contributed by atoms with Crippen molar-refractivity contribution >= 4 is 5.91 Å². The number of benzene rings is 1.